The topological polar surface area (TPSA) is 308 Å². The van der Waals surface area contributed by atoms with Gasteiger partial charge in [0.15, 0.2) is 0 Å². The summed E-state index contributed by atoms with van der Waals surface area (Å²) in [6.45, 7) is 5.84. The van der Waals surface area contributed by atoms with Gasteiger partial charge in [0.1, 0.15) is 42.3 Å². The zero-order chi connectivity index (χ0) is 41.5. The molecule has 20 nitrogen and oxygen atoms in total. The zero-order valence-electron chi connectivity index (χ0n) is 32.7. The Morgan fingerprint density at radius 3 is 1.86 bits per heavy atom. The average Bonchev–Trinajstić information content (AvgIpc) is 3.95. The number of carbonyl (C=O) groups is 8. The summed E-state index contributed by atoms with van der Waals surface area (Å²) in [6.07, 6.45) is 3.61. The van der Waals surface area contributed by atoms with Gasteiger partial charge in [0.25, 0.3) is 0 Å². The van der Waals surface area contributed by atoms with E-state index in [1.807, 2.05) is 0 Å². The molecule has 20 heteroatoms. The molecule has 0 bridgehead atoms. The van der Waals surface area contributed by atoms with E-state index in [-0.39, 0.29) is 38.3 Å². The van der Waals surface area contributed by atoms with Crippen molar-refractivity contribution < 1.29 is 48.6 Å². The summed E-state index contributed by atoms with van der Waals surface area (Å²) in [7, 11) is 0. The summed E-state index contributed by atoms with van der Waals surface area (Å²) in [5.41, 5.74) is 11.1. The number of likely N-dealkylation sites (tertiary alicyclic amines) is 2. The van der Waals surface area contributed by atoms with Crippen molar-refractivity contribution in [2.24, 2.45) is 11.5 Å². The number of β-amino-alcohol motifs (C(OH)–C–C–N with tert-alkyl or cyclic N) is 1. The molecule has 0 saturated carbocycles. The first kappa shape index (κ1) is 46.0. The van der Waals surface area contributed by atoms with Gasteiger partial charge in [-0.1, -0.05) is 0 Å². The zero-order valence-corrected chi connectivity index (χ0v) is 32.7. The Balaban J connectivity index is 1.59. The average molecular weight is 795 g/mol. The Kier molecular flexibility index (Phi) is 18.4. The van der Waals surface area contributed by atoms with Crippen LogP contribution in [0.3, 0.4) is 0 Å². The van der Waals surface area contributed by atoms with Crippen molar-refractivity contribution in [3.05, 3.63) is 0 Å². The van der Waals surface area contributed by atoms with Gasteiger partial charge in [-0.2, -0.15) is 0 Å². The van der Waals surface area contributed by atoms with Crippen LogP contribution in [0.4, 0.5) is 0 Å². The molecule has 3 fully saturated rings. The van der Waals surface area contributed by atoms with Crippen LogP contribution in [0.25, 0.3) is 0 Å². The molecule has 7 amide bonds. The molecule has 0 aromatic carbocycles. The van der Waals surface area contributed by atoms with E-state index < -0.39 is 95.9 Å². The molecular formula is C36H62N10O10. The van der Waals surface area contributed by atoms with E-state index in [0.717, 1.165) is 6.42 Å². The van der Waals surface area contributed by atoms with Gasteiger partial charge in [-0.25, -0.2) is 4.79 Å². The lowest BCUT2D eigenvalue weighted by atomic mass is 10.1. The Morgan fingerprint density at radius 1 is 0.679 bits per heavy atom. The molecule has 0 spiro atoms. The Morgan fingerprint density at radius 2 is 1.25 bits per heavy atom. The molecule has 56 heavy (non-hydrogen) atoms. The number of amides is 7. The molecule has 3 heterocycles. The lowest BCUT2D eigenvalue weighted by molar-refractivity contribution is -0.145. The maximum atomic E-state index is 13.6. The van der Waals surface area contributed by atoms with E-state index in [4.69, 9.17) is 11.5 Å². The van der Waals surface area contributed by atoms with Crippen molar-refractivity contribution in [2.45, 2.75) is 146 Å². The lowest BCUT2D eigenvalue weighted by Crippen LogP contribution is -2.58. The maximum absolute atomic E-state index is 13.6. The first-order chi connectivity index (χ1) is 26.6. The summed E-state index contributed by atoms with van der Waals surface area (Å²) < 4.78 is 0. The highest BCUT2D eigenvalue weighted by Crippen LogP contribution is 2.21. The third-order valence-electron chi connectivity index (χ3n) is 10.4. The van der Waals surface area contributed by atoms with Crippen molar-refractivity contribution in [3.8, 4) is 0 Å². The van der Waals surface area contributed by atoms with E-state index >= 15 is 0 Å². The van der Waals surface area contributed by atoms with Crippen LogP contribution in [0.1, 0.15) is 91.4 Å². The molecule has 316 valence electrons. The Bertz CT molecular complexity index is 1410. The summed E-state index contributed by atoms with van der Waals surface area (Å²) in [6, 6.07) is -7.98. The smallest absolute Gasteiger partial charge is 0.326 e. The first-order valence-corrected chi connectivity index (χ1v) is 19.8. The molecule has 3 rings (SSSR count). The number of hydrogen-bond donors (Lipinski definition) is 10. The maximum Gasteiger partial charge on any atom is 0.326 e. The molecule has 0 radical (unpaired) electrons. The first-order valence-electron chi connectivity index (χ1n) is 19.8. The van der Waals surface area contributed by atoms with Gasteiger partial charge in [0, 0.05) is 19.5 Å². The number of nitrogens with zero attached hydrogens (tertiary/aromatic N) is 2. The number of nitrogens with one attached hydrogen (secondary N) is 6. The fourth-order valence-corrected chi connectivity index (χ4v) is 7.22. The van der Waals surface area contributed by atoms with Crippen LogP contribution in [-0.2, 0) is 38.4 Å². The number of unbranched alkanes of at least 4 members (excludes halogenated alkanes) is 2. The van der Waals surface area contributed by atoms with E-state index in [9.17, 15) is 48.6 Å². The third kappa shape index (κ3) is 13.1. The highest BCUT2D eigenvalue weighted by molar-refractivity contribution is 5.97. The normalized spacial score (nSPS) is 23.3. The van der Waals surface area contributed by atoms with Crippen molar-refractivity contribution >= 4 is 47.3 Å². The minimum atomic E-state index is -1.19. The molecule has 9 atom stereocenters. The predicted octanol–water partition coefficient (Wildman–Crippen LogP) is -3.48. The van der Waals surface area contributed by atoms with Crippen molar-refractivity contribution in [1.82, 2.24) is 41.7 Å². The second-order valence-corrected chi connectivity index (χ2v) is 15.0. The summed E-state index contributed by atoms with van der Waals surface area (Å²) in [5.74, 6) is -5.34. The molecular weight excluding hydrogens is 732 g/mol. The summed E-state index contributed by atoms with van der Waals surface area (Å²) in [4.78, 5) is 107. The number of rotatable bonds is 21. The second kappa shape index (κ2) is 22.4. The minimum absolute atomic E-state index is 0.0846. The number of carbonyl (C=O) groups excluding carboxylic acids is 7. The molecule has 3 aliphatic heterocycles. The van der Waals surface area contributed by atoms with Crippen LogP contribution >= 0.6 is 0 Å². The Hall–Kier alpha value is -4.40. The molecule has 3 saturated heterocycles. The van der Waals surface area contributed by atoms with E-state index in [1.165, 1.54) is 30.6 Å². The van der Waals surface area contributed by atoms with E-state index in [2.05, 4.69) is 31.9 Å². The number of carboxylic acid groups (broad SMARTS) is 1. The summed E-state index contributed by atoms with van der Waals surface area (Å²) >= 11 is 0. The van der Waals surface area contributed by atoms with Gasteiger partial charge in [0.05, 0.1) is 12.1 Å². The van der Waals surface area contributed by atoms with E-state index in [0.29, 0.717) is 64.6 Å². The monoisotopic (exact) mass is 794 g/mol. The molecule has 0 aromatic heterocycles. The van der Waals surface area contributed by atoms with Crippen LogP contribution in [0.5, 0.6) is 0 Å². The van der Waals surface area contributed by atoms with Crippen LogP contribution in [0.2, 0.25) is 0 Å². The number of aliphatic hydroxyl groups is 1. The molecule has 0 aromatic rings. The van der Waals surface area contributed by atoms with Gasteiger partial charge in [-0.3, -0.25) is 33.6 Å². The molecule has 0 unspecified atom stereocenters. The van der Waals surface area contributed by atoms with Crippen molar-refractivity contribution in [2.75, 3.05) is 32.7 Å². The predicted molar refractivity (Wildman–Crippen MR) is 202 cm³/mol. The second-order valence-electron chi connectivity index (χ2n) is 15.0. The highest BCUT2D eigenvalue weighted by atomic mass is 16.4. The standard InChI is InChI=1S/C36H62N10O10/c1-20(29(48)41-21(2)34(53)45-17-9-13-27(45)32(51)44-26(36(55)56)11-5-7-15-38)40-31(50)25(10-4-6-14-37)43-33(52)28-18-23(47)19-46(28)35(54)22(3)42-30(49)24-12-8-16-39-24/h20-28,39,47H,4-19,37-38H2,1-3H3,(H,40,50)(H,41,48)(H,42,49)(H,43,52)(H,44,51)(H,55,56)/t20-,21-,22-,23+,24-,25-,26-,27-,28-/m0/s1. The summed E-state index contributed by atoms with van der Waals surface area (Å²) in [5, 5.41) is 36.1. The number of nitrogens with two attached hydrogens (primary N) is 2. The number of aliphatic carboxylic acids is 1. The fraction of sp³-hybridized carbons (Fsp3) is 0.778. The van der Waals surface area contributed by atoms with Crippen LogP contribution < -0.4 is 43.4 Å². The van der Waals surface area contributed by atoms with Crippen LogP contribution in [-0.4, -0.2) is 154 Å². The van der Waals surface area contributed by atoms with Gasteiger partial charge in [-0.15, -0.1) is 0 Å². The van der Waals surface area contributed by atoms with Gasteiger partial charge < -0.3 is 63.4 Å². The minimum Gasteiger partial charge on any atom is -0.480 e. The van der Waals surface area contributed by atoms with Crippen LogP contribution in [0, 0.1) is 0 Å². The van der Waals surface area contributed by atoms with Gasteiger partial charge >= 0.3 is 5.97 Å². The van der Waals surface area contributed by atoms with Gasteiger partial charge in [-0.05, 0) is 105 Å². The van der Waals surface area contributed by atoms with Crippen LogP contribution in [0.15, 0.2) is 0 Å². The number of hydrogen-bond acceptors (Lipinski definition) is 12. The largest absolute Gasteiger partial charge is 0.480 e. The van der Waals surface area contributed by atoms with Crippen molar-refractivity contribution in [1.29, 1.82) is 0 Å². The molecule has 0 aliphatic carbocycles. The fourth-order valence-electron chi connectivity index (χ4n) is 7.22. The highest BCUT2D eigenvalue weighted by Gasteiger charge is 2.42. The third-order valence-corrected chi connectivity index (χ3v) is 10.4. The van der Waals surface area contributed by atoms with Crippen molar-refractivity contribution in [3.63, 3.8) is 0 Å². The Labute approximate surface area is 327 Å². The molecule has 3 aliphatic rings. The van der Waals surface area contributed by atoms with E-state index in [1.54, 1.807) is 0 Å². The molecule has 12 N–H and O–H groups in total. The van der Waals surface area contributed by atoms with Gasteiger partial charge in [0.2, 0.25) is 41.4 Å². The quantitative estimate of drug-likeness (QED) is 0.0506. The SMILES string of the molecule is C[C@H](NC(=O)[C@H](CCCCN)NC(=O)[C@@H]1C[C@@H](O)CN1C(=O)[C@H](C)NC(=O)[C@@H]1CCCN1)C(=O)N[C@@H](C)C(=O)N1CCC[C@H]1C(=O)N[C@@H](CCCCN)C(=O)O. The number of carboxylic acids is 1. The number of aliphatic hydroxyl groups excluding tert-OH is 1. The lowest BCUT2D eigenvalue weighted by Gasteiger charge is -2.29.